The van der Waals surface area contributed by atoms with Gasteiger partial charge >= 0.3 is 0 Å². The van der Waals surface area contributed by atoms with Crippen LogP contribution in [-0.2, 0) is 0 Å². The van der Waals surface area contributed by atoms with E-state index in [0.29, 0.717) is 16.9 Å². The van der Waals surface area contributed by atoms with Crippen LogP contribution in [0.25, 0.3) is 22.4 Å². The molecule has 0 spiro atoms. The zero-order valence-corrected chi connectivity index (χ0v) is 12.1. The Kier molecular flexibility index (Phi) is 2.78. The van der Waals surface area contributed by atoms with E-state index in [1.165, 1.54) is 0 Å². The zero-order chi connectivity index (χ0) is 13.6. The molecule has 1 aromatic carbocycles. The molecule has 0 aliphatic rings. The van der Waals surface area contributed by atoms with Gasteiger partial charge in [-0.15, -0.1) is 0 Å². The molecule has 5 heteroatoms. The first-order chi connectivity index (χ1) is 9.06. The van der Waals surface area contributed by atoms with Crippen LogP contribution >= 0.6 is 15.9 Å². The molecule has 19 heavy (non-hydrogen) atoms. The van der Waals surface area contributed by atoms with Crippen molar-refractivity contribution in [3.63, 3.8) is 0 Å². The van der Waals surface area contributed by atoms with Crippen molar-refractivity contribution in [2.75, 3.05) is 0 Å². The number of hydrogen-bond donors (Lipinski definition) is 2. The summed E-state index contributed by atoms with van der Waals surface area (Å²) in [6.07, 6.45) is 1.72. The summed E-state index contributed by atoms with van der Waals surface area (Å²) in [5.41, 5.74) is 4.17. The topological polar surface area (TPSA) is 61.5 Å². The average molecular weight is 318 g/mol. The zero-order valence-electron chi connectivity index (χ0n) is 10.5. The van der Waals surface area contributed by atoms with Crippen LogP contribution in [0.1, 0.15) is 11.1 Å². The molecule has 0 bridgehead atoms. The highest BCUT2D eigenvalue weighted by Crippen LogP contribution is 2.27. The quantitative estimate of drug-likeness (QED) is 0.723. The van der Waals surface area contributed by atoms with Crippen LogP contribution in [0.3, 0.4) is 0 Å². The standard InChI is InChI=1S/C14H12BrN3O/c1-7-5-9(15)6-8(2)11(7)13-17-10-3-4-16-12(10)14(19)18-13/h3-6,16H,1-2H3,(H,17,18,19). The first kappa shape index (κ1) is 12.2. The van der Waals surface area contributed by atoms with Crippen molar-refractivity contribution in [2.24, 2.45) is 0 Å². The van der Waals surface area contributed by atoms with E-state index in [0.717, 1.165) is 21.2 Å². The van der Waals surface area contributed by atoms with Crippen molar-refractivity contribution in [2.45, 2.75) is 13.8 Å². The first-order valence-electron chi connectivity index (χ1n) is 5.91. The second kappa shape index (κ2) is 4.35. The van der Waals surface area contributed by atoms with Crippen LogP contribution in [0.5, 0.6) is 0 Å². The van der Waals surface area contributed by atoms with E-state index in [-0.39, 0.29) is 5.56 Å². The van der Waals surface area contributed by atoms with Gasteiger partial charge in [0.2, 0.25) is 0 Å². The summed E-state index contributed by atoms with van der Waals surface area (Å²) in [6, 6.07) is 5.84. The molecular formula is C14H12BrN3O. The molecule has 2 aromatic heterocycles. The molecule has 0 saturated carbocycles. The summed E-state index contributed by atoms with van der Waals surface area (Å²) in [6.45, 7) is 4.02. The lowest BCUT2D eigenvalue weighted by Crippen LogP contribution is -2.10. The number of aryl methyl sites for hydroxylation is 2. The Balaban J connectivity index is 2.33. The fraction of sp³-hybridized carbons (Fsp3) is 0.143. The smallest absolute Gasteiger partial charge is 0.275 e. The van der Waals surface area contributed by atoms with Gasteiger partial charge in [-0.3, -0.25) is 4.79 Å². The third-order valence-corrected chi connectivity index (χ3v) is 3.61. The Bertz CT molecular complexity index is 809. The van der Waals surface area contributed by atoms with Gasteiger partial charge in [0.1, 0.15) is 11.3 Å². The molecule has 0 amide bonds. The molecule has 0 aliphatic heterocycles. The van der Waals surface area contributed by atoms with Gasteiger partial charge in [0, 0.05) is 16.2 Å². The normalized spacial score (nSPS) is 11.1. The number of rotatable bonds is 1. The summed E-state index contributed by atoms with van der Waals surface area (Å²) in [7, 11) is 0. The van der Waals surface area contributed by atoms with E-state index in [4.69, 9.17) is 0 Å². The molecule has 2 heterocycles. The number of nitrogens with one attached hydrogen (secondary N) is 2. The van der Waals surface area contributed by atoms with Gasteiger partial charge in [0.15, 0.2) is 0 Å². The van der Waals surface area contributed by atoms with Crippen LogP contribution in [0.15, 0.2) is 33.7 Å². The maximum atomic E-state index is 12.0. The number of benzene rings is 1. The number of aromatic amines is 2. The second-order valence-corrected chi connectivity index (χ2v) is 5.48. The van der Waals surface area contributed by atoms with E-state index in [9.17, 15) is 4.79 Å². The number of H-pyrrole nitrogens is 2. The average Bonchev–Trinajstić information content (AvgIpc) is 2.76. The molecular weight excluding hydrogens is 306 g/mol. The maximum absolute atomic E-state index is 12.0. The molecule has 0 fully saturated rings. The minimum Gasteiger partial charge on any atom is -0.355 e. The van der Waals surface area contributed by atoms with Gasteiger partial charge < -0.3 is 9.97 Å². The third-order valence-electron chi connectivity index (χ3n) is 3.15. The largest absolute Gasteiger partial charge is 0.355 e. The van der Waals surface area contributed by atoms with Crippen LogP contribution in [0.2, 0.25) is 0 Å². The van der Waals surface area contributed by atoms with E-state index >= 15 is 0 Å². The van der Waals surface area contributed by atoms with Gasteiger partial charge in [-0.1, -0.05) is 15.9 Å². The fourth-order valence-electron chi connectivity index (χ4n) is 2.36. The third kappa shape index (κ3) is 2.00. The Morgan fingerprint density at radius 1 is 1.21 bits per heavy atom. The predicted molar refractivity (Wildman–Crippen MR) is 79.3 cm³/mol. The second-order valence-electron chi connectivity index (χ2n) is 4.57. The lowest BCUT2D eigenvalue weighted by atomic mass is 10.0. The number of aromatic nitrogens is 3. The lowest BCUT2D eigenvalue weighted by Gasteiger charge is -2.09. The van der Waals surface area contributed by atoms with E-state index in [1.807, 2.05) is 26.0 Å². The lowest BCUT2D eigenvalue weighted by molar-refractivity contribution is 1.15. The van der Waals surface area contributed by atoms with Crippen molar-refractivity contribution in [1.29, 1.82) is 0 Å². The van der Waals surface area contributed by atoms with Gasteiger partial charge in [0.25, 0.3) is 5.56 Å². The van der Waals surface area contributed by atoms with E-state index < -0.39 is 0 Å². The van der Waals surface area contributed by atoms with Crippen molar-refractivity contribution in [3.8, 4) is 11.4 Å². The van der Waals surface area contributed by atoms with Gasteiger partial charge in [-0.2, -0.15) is 0 Å². The molecule has 0 saturated heterocycles. The minimum atomic E-state index is -0.147. The van der Waals surface area contributed by atoms with E-state index in [1.54, 1.807) is 12.3 Å². The Hall–Kier alpha value is -1.88. The monoisotopic (exact) mass is 317 g/mol. The number of halogens is 1. The van der Waals surface area contributed by atoms with Crippen molar-refractivity contribution >= 4 is 27.0 Å². The summed E-state index contributed by atoms with van der Waals surface area (Å²) in [4.78, 5) is 22.2. The van der Waals surface area contributed by atoms with Crippen LogP contribution in [0, 0.1) is 13.8 Å². The van der Waals surface area contributed by atoms with Crippen molar-refractivity contribution in [1.82, 2.24) is 15.0 Å². The molecule has 0 radical (unpaired) electrons. The van der Waals surface area contributed by atoms with Gasteiger partial charge in [-0.25, -0.2) is 4.98 Å². The predicted octanol–water partition coefficient (Wildman–Crippen LogP) is 3.30. The molecule has 4 nitrogen and oxygen atoms in total. The Morgan fingerprint density at radius 3 is 2.58 bits per heavy atom. The highest BCUT2D eigenvalue weighted by atomic mass is 79.9. The SMILES string of the molecule is Cc1cc(Br)cc(C)c1-c1nc2cc[nH]c2c(=O)[nH]1. The highest BCUT2D eigenvalue weighted by Gasteiger charge is 2.11. The molecule has 3 rings (SSSR count). The summed E-state index contributed by atoms with van der Waals surface area (Å²) in [5.74, 6) is 0.611. The van der Waals surface area contributed by atoms with Crippen molar-refractivity contribution in [3.05, 3.63) is 50.3 Å². The summed E-state index contributed by atoms with van der Waals surface area (Å²) < 4.78 is 1.02. The van der Waals surface area contributed by atoms with E-state index in [2.05, 4.69) is 30.9 Å². The van der Waals surface area contributed by atoms with Crippen LogP contribution in [-0.4, -0.2) is 15.0 Å². The fourth-order valence-corrected chi connectivity index (χ4v) is 3.04. The molecule has 3 aromatic rings. The van der Waals surface area contributed by atoms with Gasteiger partial charge in [0.05, 0.1) is 5.52 Å². The number of fused-ring (bicyclic) bond motifs is 1. The van der Waals surface area contributed by atoms with Crippen LogP contribution < -0.4 is 5.56 Å². The number of hydrogen-bond acceptors (Lipinski definition) is 2. The highest BCUT2D eigenvalue weighted by molar-refractivity contribution is 9.10. The summed E-state index contributed by atoms with van der Waals surface area (Å²) >= 11 is 3.47. The molecule has 2 N–H and O–H groups in total. The van der Waals surface area contributed by atoms with Crippen molar-refractivity contribution < 1.29 is 0 Å². The molecule has 0 aliphatic carbocycles. The molecule has 0 unspecified atom stereocenters. The van der Waals surface area contributed by atoms with Gasteiger partial charge in [-0.05, 0) is 43.2 Å². The Morgan fingerprint density at radius 2 is 1.89 bits per heavy atom. The maximum Gasteiger partial charge on any atom is 0.275 e. The molecule has 0 atom stereocenters. The summed E-state index contributed by atoms with van der Waals surface area (Å²) in [5, 5.41) is 0. The minimum absolute atomic E-state index is 0.147. The number of nitrogens with zero attached hydrogens (tertiary/aromatic N) is 1. The Labute approximate surface area is 118 Å². The first-order valence-corrected chi connectivity index (χ1v) is 6.70. The molecule has 96 valence electrons. The van der Waals surface area contributed by atoms with Crippen LogP contribution in [0.4, 0.5) is 0 Å².